The summed E-state index contributed by atoms with van der Waals surface area (Å²) in [6.07, 6.45) is 1.70. The van der Waals surface area contributed by atoms with Crippen molar-refractivity contribution in [3.63, 3.8) is 0 Å². The molecule has 0 amide bonds. The fraction of sp³-hybridized carbons (Fsp3) is 0.846. The molecule has 4 nitrogen and oxygen atoms in total. The van der Waals surface area contributed by atoms with Gasteiger partial charge in [0.2, 0.25) is 0 Å². The lowest BCUT2D eigenvalue weighted by atomic mass is 9.72. The molecular formula is C13H22O4. The summed E-state index contributed by atoms with van der Waals surface area (Å²) in [6.45, 7) is 7.42. The summed E-state index contributed by atoms with van der Waals surface area (Å²) in [5, 5.41) is 9.47. The number of carbonyl (C=O) groups is 2. The minimum Gasteiger partial charge on any atom is -0.480 e. The Hall–Kier alpha value is -1.06. The third-order valence-electron chi connectivity index (χ3n) is 3.61. The van der Waals surface area contributed by atoms with Crippen LogP contribution in [0.15, 0.2) is 0 Å². The van der Waals surface area contributed by atoms with E-state index < -0.39 is 17.4 Å². The average Bonchev–Trinajstić information content (AvgIpc) is 2.60. The molecule has 17 heavy (non-hydrogen) atoms. The average molecular weight is 242 g/mol. The number of hydrogen-bond donors (Lipinski definition) is 1. The lowest BCUT2D eigenvalue weighted by Gasteiger charge is -2.32. The molecule has 0 aromatic rings. The van der Waals surface area contributed by atoms with Gasteiger partial charge in [-0.05, 0) is 38.5 Å². The molecule has 1 N–H and O–H groups in total. The monoisotopic (exact) mass is 242 g/mol. The first-order valence-electron chi connectivity index (χ1n) is 6.26. The van der Waals surface area contributed by atoms with E-state index in [0.717, 1.165) is 12.8 Å². The zero-order chi connectivity index (χ0) is 13.2. The summed E-state index contributed by atoms with van der Waals surface area (Å²) in [4.78, 5) is 23.7. The molecule has 2 atom stereocenters. The van der Waals surface area contributed by atoms with Gasteiger partial charge in [0, 0.05) is 0 Å². The normalized spacial score (nSPS) is 28.7. The Morgan fingerprint density at radius 2 is 1.88 bits per heavy atom. The Balaban J connectivity index is 3.04. The number of carboxylic acids is 1. The van der Waals surface area contributed by atoms with E-state index in [1.165, 1.54) is 0 Å². The minimum absolute atomic E-state index is 0.119. The second-order valence-corrected chi connectivity index (χ2v) is 5.47. The van der Waals surface area contributed by atoms with E-state index in [9.17, 15) is 14.7 Å². The van der Waals surface area contributed by atoms with Crippen LogP contribution < -0.4 is 0 Å². The SMILES string of the molecule is CC(C)OC(=O)C1(C(=O)O)CCCC1C(C)C. The highest BCUT2D eigenvalue weighted by atomic mass is 16.5. The Morgan fingerprint density at radius 1 is 1.29 bits per heavy atom. The Bertz CT molecular complexity index is 309. The van der Waals surface area contributed by atoms with Crippen molar-refractivity contribution in [1.29, 1.82) is 0 Å². The molecule has 2 unspecified atom stereocenters. The van der Waals surface area contributed by atoms with Crippen molar-refractivity contribution >= 4 is 11.9 Å². The number of esters is 1. The van der Waals surface area contributed by atoms with Crippen molar-refractivity contribution in [2.45, 2.75) is 53.1 Å². The van der Waals surface area contributed by atoms with Crippen LogP contribution in [0.25, 0.3) is 0 Å². The van der Waals surface area contributed by atoms with Gasteiger partial charge < -0.3 is 9.84 Å². The molecular weight excluding hydrogens is 220 g/mol. The summed E-state index contributed by atoms with van der Waals surface area (Å²) >= 11 is 0. The predicted molar refractivity (Wildman–Crippen MR) is 63.5 cm³/mol. The van der Waals surface area contributed by atoms with E-state index in [4.69, 9.17) is 4.74 Å². The highest BCUT2D eigenvalue weighted by Gasteiger charge is 2.57. The number of carbonyl (C=O) groups excluding carboxylic acids is 1. The van der Waals surface area contributed by atoms with Crippen molar-refractivity contribution in [2.24, 2.45) is 17.3 Å². The fourth-order valence-corrected chi connectivity index (χ4v) is 2.86. The summed E-state index contributed by atoms with van der Waals surface area (Å²) in [5.41, 5.74) is -1.32. The number of carboxylic acid groups (broad SMARTS) is 1. The van der Waals surface area contributed by atoms with Crippen LogP contribution in [-0.4, -0.2) is 23.1 Å². The maximum atomic E-state index is 12.1. The van der Waals surface area contributed by atoms with Crippen LogP contribution in [0.5, 0.6) is 0 Å². The van der Waals surface area contributed by atoms with E-state index in [1.54, 1.807) is 13.8 Å². The molecule has 0 bridgehead atoms. The van der Waals surface area contributed by atoms with Gasteiger partial charge in [-0.3, -0.25) is 9.59 Å². The van der Waals surface area contributed by atoms with Crippen molar-refractivity contribution in [2.75, 3.05) is 0 Å². The van der Waals surface area contributed by atoms with E-state index in [1.807, 2.05) is 13.8 Å². The lowest BCUT2D eigenvalue weighted by molar-refractivity contribution is -0.175. The van der Waals surface area contributed by atoms with Crippen molar-refractivity contribution in [3.05, 3.63) is 0 Å². The Kier molecular flexibility index (Phi) is 4.17. The topological polar surface area (TPSA) is 63.6 Å². The zero-order valence-electron chi connectivity index (χ0n) is 11.0. The number of rotatable bonds is 4. The van der Waals surface area contributed by atoms with Gasteiger partial charge in [0.1, 0.15) is 0 Å². The van der Waals surface area contributed by atoms with E-state index in [2.05, 4.69) is 0 Å². The Labute approximate surface area is 102 Å². The third-order valence-corrected chi connectivity index (χ3v) is 3.61. The van der Waals surface area contributed by atoms with Gasteiger partial charge in [0.15, 0.2) is 5.41 Å². The van der Waals surface area contributed by atoms with Crippen molar-refractivity contribution in [1.82, 2.24) is 0 Å². The van der Waals surface area contributed by atoms with Gasteiger partial charge >= 0.3 is 11.9 Å². The number of hydrogen-bond acceptors (Lipinski definition) is 3. The maximum Gasteiger partial charge on any atom is 0.324 e. The van der Waals surface area contributed by atoms with Crippen LogP contribution in [0, 0.1) is 17.3 Å². The largest absolute Gasteiger partial charge is 0.480 e. The molecule has 1 rings (SSSR count). The molecule has 0 spiro atoms. The van der Waals surface area contributed by atoms with Crippen LogP contribution in [0.3, 0.4) is 0 Å². The highest BCUT2D eigenvalue weighted by molar-refractivity contribution is 6.00. The first-order valence-corrected chi connectivity index (χ1v) is 6.26. The molecule has 0 heterocycles. The molecule has 4 heteroatoms. The molecule has 0 aromatic carbocycles. The maximum absolute atomic E-state index is 12.1. The minimum atomic E-state index is -1.32. The van der Waals surface area contributed by atoms with Crippen LogP contribution in [0.4, 0.5) is 0 Å². The molecule has 0 saturated heterocycles. The van der Waals surface area contributed by atoms with Gasteiger partial charge in [0.05, 0.1) is 6.10 Å². The van der Waals surface area contributed by atoms with Gasteiger partial charge in [-0.1, -0.05) is 20.3 Å². The molecule has 0 aliphatic heterocycles. The van der Waals surface area contributed by atoms with E-state index in [0.29, 0.717) is 6.42 Å². The second-order valence-electron chi connectivity index (χ2n) is 5.47. The molecule has 98 valence electrons. The van der Waals surface area contributed by atoms with Crippen molar-refractivity contribution < 1.29 is 19.4 Å². The van der Waals surface area contributed by atoms with Crippen LogP contribution in [-0.2, 0) is 14.3 Å². The summed E-state index contributed by atoms with van der Waals surface area (Å²) in [5.74, 6) is -1.53. The van der Waals surface area contributed by atoms with Crippen molar-refractivity contribution in [3.8, 4) is 0 Å². The molecule has 0 aromatic heterocycles. The van der Waals surface area contributed by atoms with Crippen LogP contribution >= 0.6 is 0 Å². The second kappa shape index (κ2) is 5.07. The number of aliphatic carboxylic acids is 1. The molecule has 1 aliphatic rings. The van der Waals surface area contributed by atoms with Gasteiger partial charge in [-0.2, -0.15) is 0 Å². The molecule has 1 aliphatic carbocycles. The van der Waals surface area contributed by atoms with E-state index >= 15 is 0 Å². The van der Waals surface area contributed by atoms with Gasteiger partial charge in [0.25, 0.3) is 0 Å². The zero-order valence-corrected chi connectivity index (χ0v) is 11.0. The highest BCUT2D eigenvalue weighted by Crippen LogP contribution is 2.48. The first kappa shape index (κ1) is 14.0. The fourth-order valence-electron chi connectivity index (χ4n) is 2.86. The number of ether oxygens (including phenoxy) is 1. The van der Waals surface area contributed by atoms with Crippen LogP contribution in [0.1, 0.15) is 47.0 Å². The van der Waals surface area contributed by atoms with E-state index in [-0.39, 0.29) is 17.9 Å². The molecule has 0 radical (unpaired) electrons. The third kappa shape index (κ3) is 2.45. The quantitative estimate of drug-likeness (QED) is 0.607. The molecule has 1 saturated carbocycles. The summed E-state index contributed by atoms with van der Waals surface area (Å²) in [6, 6.07) is 0. The smallest absolute Gasteiger partial charge is 0.324 e. The van der Waals surface area contributed by atoms with Crippen LogP contribution in [0.2, 0.25) is 0 Å². The van der Waals surface area contributed by atoms with Gasteiger partial charge in [-0.25, -0.2) is 0 Å². The first-order chi connectivity index (χ1) is 7.82. The summed E-state index contributed by atoms with van der Waals surface area (Å²) in [7, 11) is 0. The lowest BCUT2D eigenvalue weighted by Crippen LogP contribution is -2.46. The van der Waals surface area contributed by atoms with Gasteiger partial charge in [-0.15, -0.1) is 0 Å². The molecule has 1 fully saturated rings. The predicted octanol–water partition coefficient (Wildman–Crippen LogP) is 2.47. The Morgan fingerprint density at radius 3 is 2.29 bits per heavy atom. The standard InChI is InChI=1S/C13H22O4/c1-8(2)10-6-5-7-13(10,11(14)15)12(16)17-9(3)4/h8-10H,5-7H2,1-4H3,(H,14,15). The summed E-state index contributed by atoms with van der Waals surface area (Å²) < 4.78 is 5.16.